The van der Waals surface area contributed by atoms with Gasteiger partial charge in [0.05, 0.1) is 36.3 Å². The number of carbonyl (C=O) groups is 1. The van der Waals surface area contributed by atoms with Crippen molar-refractivity contribution in [1.82, 2.24) is 9.29 Å². The third-order valence-electron chi connectivity index (χ3n) is 6.88. The Kier molecular flexibility index (Phi) is 8.84. The zero-order valence-electron chi connectivity index (χ0n) is 22.6. The van der Waals surface area contributed by atoms with Crippen LogP contribution < -0.4 is 0 Å². The van der Waals surface area contributed by atoms with Crippen molar-refractivity contribution in [2.75, 3.05) is 6.26 Å². The number of aliphatic hydroxyl groups excluding tert-OH is 2. The maximum Gasteiger partial charge on any atom is 0.305 e. The highest BCUT2D eigenvalue weighted by atomic mass is 32.2. The second-order valence-corrected chi connectivity index (χ2v) is 12.4. The Labute approximate surface area is 233 Å². The molecule has 0 bridgehead atoms. The summed E-state index contributed by atoms with van der Waals surface area (Å²) in [5, 5.41) is 29.5. The highest BCUT2D eigenvalue weighted by Gasteiger charge is 2.30. The molecule has 0 aliphatic carbocycles. The van der Waals surface area contributed by atoms with E-state index in [-0.39, 0.29) is 25.4 Å². The molecule has 0 saturated heterocycles. The molecule has 40 heavy (non-hydrogen) atoms. The van der Waals surface area contributed by atoms with Crippen LogP contribution in [0.4, 0.5) is 4.39 Å². The fourth-order valence-corrected chi connectivity index (χ4v) is 5.72. The maximum absolute atomic E-state index is 14.0. The third kappa shape index (κ3) is 6.64. The summed E-state index contributed by atoms with van der Waals surface area (Å²) in [6.45, 7) is 4.14. The lowest BCUT2D eigenvalue weighted by atomic mass is 9.87. The van der Waals surface area contributed by atoms with Crippen molar-refractivity contribution in [2.24, 2.45) is 0 Å². The van der Waals surface area contributed by atoms with E-state index >= 15 is 0 Å². The standard InChI is InChI=1S/C30H33FN2O6S/c1-18(2)29-25(13-12-22(34)14-23(35)15-27(36)37)28(19-8-10-21(31)11-9-19)26-17-33(40(3,38)39)16-20-6-4-5-7-24(20)30(26)32-29/h4-13,18,22-23,34-35H,14-17H2,1-3H3,(H,36,37)/t22-,23-/m1/s1. The summed E-state index contributed by atoms with van der Waals surface area (Å²) >= 11 is 0. The van der Waals surface area contributed by atoms with Crippen molar-refractivity contribution in [3.8, 4) is 22.4 Å². The van der Waals surface area contributed by atoms with E-state index in [1.807, 2.05) is 38.1 Å². The molecule has 0 amide bonds. The van der Waals surface area contributed by atoms with Gasteiger partial charge in [0, 0.05) is 36.2 Å². The summed E-state index contributed by atoms with van der Waals surface area (Å²) in [6.07, 6.45) is 1.23. The molecule has 1 aliphatic rings. The Bertz CT molecular complexity index is 1540. The number of rotatable bonds is 9. The Morgan fingerprint density at radius 1 is 1.10 bits per heavy atom. The fraction of sp³-hybridized carbons (Fsp3) is 0.333. The van der Waals surface area contributed by atoms with Gasteiger partial charge in [-0.15, -0.1) is 0 Å². The van der Waals surface area contributed by atoms with Gasteiger partial charge in [0.15, 0.2) is 0 Å². The molecule has 10 heteroatoms. The molecule has 2 heterocycles. The van der Waals surface area contributed by atoms with Crippen molar-refractivity contribution >= 4 is 22.1 Å². The van der Waals surface area contributed by atoms with Gasteiger partial charge in [0.2, 0.25) is 10.0 Å². The van der Waals surface area contributed by atoms with Gasteiger partial charge in [-0.1, -0.05) is 62.4 Å². The fourth-order valence-electron chi connectivity index (χ4n) is 4.98. The first kappa shape index (κ1) is 29.5. The second-order valence-electron chi connectivity index (χ2n) is 10.4. The lowest BCUT2D eigenvalue weighted by Crippen LogP contribution is -2.28. The van der Waals surface area contributed by atoms with E-state index in [1.165, 1.54) is 22.5 Å². The van der Waals surface area contributed by atoms with Gasteiger partial charge in [0.25, 0.3) is 0 Å². The highest BCUT2D eigenvalue weighted by molar-refractivity contribution is 7.88. The minimum absolute atomic E-state index is 0.0294. The van der Waals surface area contributed by atoms with Crippen LogP contribution in [0.15, 0.2) is 54.6 Å². The normalized spacial score (nSPS) is 15.5. The lowest BCUT2D eigenvalue weighted by Gasteiger charge is -2.24. The van der Waals surface area contributed by atoms with Gasteiger partial charge in [-0.3, -0.25) is 9.78 Å². The molecule has 1 aliphatic heterocycles. The molecule has 2 aromatic carbocycles. The number of fused-ring (bicyclic) bond motifs is 3. The van der Waals surface area contributed by atoms with E-state index in [2.05, 4.69) is 0 Å². The average molecular weight is 569 g/mol. The first-order valence-electron chi connectivity index (χ1n) is 13.0. The average Bonchev–Trinajstić information content (AvgIpc) is 3.03. The van der Waals surface area contributed by atoms with Crippen LogP contribution in [0.5, 0.6) is 0 Å². The zero-order valence-corrected chi connectivity index (χ0v) is 23.4. The molecule has 3 aromatic rings. The number of halogens is 1. The largest absolute Gasteiger partial charge is 0.481 e. The molecule has 1 aromatic heterocycles. The molecule has 0 fully saturated rings. The predicted octanol–water partition coefficient (Wildman–Crippen LogP) is 4.55. The molecule has 212 valence electrons. The number of pyridine rings is 1. The molecule has 0 saturated carbocycles. The quantitative estimate of drug-likeness (QED) is 0.345. The minimum atomic E-state index is -3.62. The van der Waals surface area contributed by atoms with Gasteiger partial charge in [-0.2, -0.15) is 4.31 Å². The van der Waals surface area contributed by atoms with Crippen LogP contribution in [0.3, 0.4) is 0 Å². The van der Waals surface area contributed by atoms with Crippen LogP contribution in [-0.2, 0) is 27.9 Å². The third-order valence-corrected chi connectivity index (χ3v) is 8.07. The number of carboxylic acids is 1. The van der Waals surface area contributed by atoms with E-state index in [0.717, 1.165) is 17.4 Å². The molecule has 0 unspecified atom stereocenters. The van der Waals surface area contributed by atoms with E-state index in [1.54, 1.807) is 18.2 Å². The Balaban J connectivity index is 1.99. The Hall–Kier alpha value is -3.44. The summed E-state index contributed by atoms with van der Waals surface area (Å²) in [4.78, 5) is 16.0. The number of hydrogen-bond acceptors (Lipinski definition) is 6. The number of benzene rings is 2. The highest BCUT2D eigenvalue weighted by Crippen LogP contribution is 2.42. The number of nitrogens with zero attached hydrogens (tertiary/aromatic N) is 2. The molecule has 8 nitrogen and oxygen atoms in total. The summed E-state index contributed by atoms with van der Waals surface area (Å²) in [5.74, 6) is -1.67. The van der Waals surface area contributed by atoms with Crippen LogP contribution in [0.2, 0.25) is 0 Å². The molecular formula is C30H33FN2O6S. The topological polar surface area (TPSA) is 128 Å². The molecular weight excluding hydrogens is 535 g/mol. The first-order chi connectivity index (χ1) is 18.8. The first-order valence-corrected chi connectivity index (χ1v) is 14.8. The molecule has 0 spiro atoms. The smallest absolute Gasteiger partial charge is 0.305 e. The van der Waals surface area contributed by atoms with E-state index in [9.17, 15) is 27.8 Å². The summed E-state index contributed by atoms with van der Waals surface area (Å²) in [6, 6.07) is 13.4. The summed E-state index contributed by atoms with van der Waals surface area (Å²) in [5.41, 5.74) is 5.52. The van der Waals surface area contributed by atoms with Gasteiger partial charge in [-0.05, 0) is 34.7 Å². The monoisotopic (exact) mass is 568 g/mol. The maximum atomic E-state index is 14.0. The number of aromatic nitrogens is 1. The Morgan fingerprint density at radius 2 is 1.77 bits per heavy atom. The molecule has 4 rings (SSSR count). The van der Waals surface area contributed by atoms with Crippen molar-refractivity contribution in [3.63, 3.8) is 0 Å². The number of carboxylic acid groups (broad SMARTS) is 1. The summed E-state index contributed by atoms with van der Waals surface area (Å²) < 4.78 is 41.1. The van der Waals surface area contributed by atoms with E-state index < -0.39 is 40.4 Å². The second kappa shape index (κ2) is 12.0. The Morgan fingerprint density at radius 3 is 2.40 bits per heavy atom. The lowest BCUT2D eigenvalue weighted by molar-refractivity contribution is -0.139. The van der Waals surface area contributed by atoms with Crippen LogP contribution in [0, 0.1) is 5.82 Å². The zero-order chi connectivity index (χ0) is 29.2. The van der Waals surface area contributed by atoms with E-state index in [0.29, 0.717) is 33.6 Å². The summed E-state index contributed by atoms with van der Waals surface area (Å²) in [7, 11) is -3.62. The molecule has 0 radical (unpaired) electrons. The van der Waals surface area contributed by atoms with Crippen molar-refractivity contribution in [3.05, 3.63) is 82.8 Å². The van der Waals surface area contributed by atoms with Crippen LogP contribution in [0.25, 0.3) is 28.5 Å². The number of aliphatic hydroxyl groups is 2. The van der Waals surface area contributed by atoms with Crippen LogP contribution >= 0.6 is 0 Å². The van der Waals surface area contributed by atoms with Crippen molar-refractivity contribution in [2.45, 2.75) is 57.9 Å². The predicted molar refractivity (Wildman–Crippen MR) is 151 cm³/mol. The number of hydrogen-bond donors (Lipinski definition) is 3. The van der Waals surface area contributed by atoms with Gasteiger partial charge >= 0.3 is 5.97 Å². The SMILES string of the molecule is CC(C)c1nc2c(c(-c3ccc(F)cc3)c1C=C[C@@H](O)C[C@@H](O)CC(=O)O)CN(S(C)(=O)=O)Cc1ccccc1-2. The van der Waals surface area contributed by atoms with Crippen LogP contribution in [0.1, 0.15) is 55.0 Å². The van der Waals surface area contributed by atoms with Gasteiger partial charge in [0.1, 0.15) is 5.82 Å². The van der Waals surface area contributed by atoms with Gasteiger partial charge in [-0.25, -0.2) is 12.8 Å². The van der Waals surface area contributed by atoms with Crippen molar-refractivity contribution in [1.29, 1.82) is 0 Å². The molecule has 2 atom stereocenters. The number of sulfonamides is 1. The van der Waals surface area contributed by atoms with Crippen LogP contribution in [-0.4, -0.2) is 57.5 Å². The van der Waals surface area contributed by atoms with Crippen molar-refractivity contribution < 1.29 is 32.9 Å². The minimum Gasteiger partial charge on any atom is -0.481 e. The molecule has 3 N–H and O–H groups in total. The van der Waals surface area contributed by atoms with Gasteiger partial charge < -0.3 is 15.3 Å². The number of aliphatic carboxylic acids is 1. The van der Waals surface area contributed by atoms with E-state index in [4.69, 9.17) is 10.1 Å².